The van der Waals surface area contributed by atoms with Gasteiger partial charge in [-0.15, -0.1) is 0 Å². The van der Waals surface area contributed by atoms with Crippen LogP contribution >= 0.6 is 0 Å². The number of aromatic nitrogens is 2. The molecule has 1 amide bonds. The quantitative estimate of drug-likeness (QED) is 0.756. The van der Waals surface area contributed by atoms with E-state index in [0.717, 1.165) is 23.4 Å². The van der Waals surface area contributed by atoms with E-state index in [2.05, 4.69) is 28.6 Å². The van der Waals surface area contributed by atoms with Crippen molar-refractivity contribution >= 4 is 17.4 Å². The van der Waals surface area contributed by atoms with E-state index in [4.69, 9.17) is 9.05 Å². The summed E-state index contributed by atoms with van der Waals surface area (Å²) in [6.45, 7) is 6.68. The molecule has 3 heterocycles. The van der Waals surface area contributed by atoms with Gasteiger partial charge in [0.15, 0.2) is 5.82 Å². The van der Waals surface area contributed by atoms with Gasteiger partial charge in [-0.25, -0.2) is 0 Å². The highest BCUT2D eigenvalue weighted by molar-refractivity contribution is 5.96. The minimum atomic E-state index is -0.0713. The molecule has 0 aliphatic carbocycles. The summed E-state index contributed by atoms with van der Waals surface area (Å²) in [5.74, 6) is 1.97. The van der Waals surface area contributed by atoms with Crippen molar-refractivity contribution in [2.75, 3.05) is 11.9 Å². The van der Waals surface area contributed by atoms with Crippen molar-refractivity contribution in [2.45, 2.75) is 40.2 Å². The summed E-state index contributed by atoms with van der Waals surface area (Å²) in [7, 11) is 0. The van der Waals surface area contributed by atoms with Gasteiger partial charge < -0.3 is 19.3 Å². The molecule has 0 radical (unpaired) electrons. The predicted molar refractivity (Wildman–Crippen MR) is 100 cm³/mol. The minimum Gasteiger partial charge on any atom is -0.361 e. The number of nitrogens with one attached hydrogen (secondary N) is 1. The number of nitrogens with zero attached hydrogens (tertiary/aromatic N) is 3. The number of hydrogen-bond donors (Lipinski definition) is 1. The van der Waals surface area contributed by atoms with Crippen LogP contribution in [0.2, 0.25) is 0 Å². The Morgan fingerprint density at radius 2 is 2.04 bits per heavy atom. The highest BCUT2D eigenvalue weighted by atomic mass is 16.5. The van der Waals surface area contributed by atoms with Gasteiger partial charge in [-0.1, -0.05) is 35.4 Å². The van der Waals surface area contributed by atoms with E-state index in [1.54, 1.807) is 18.7 Å². The zero-order valence-corrected chi connectivity index (χ0v) is 15.7. The smallest absolute Gasteiger partial charge is 0.259 e. The second-order valence-electron chi connectivity index (χ2n) is 6.74. The van der Waals surface area contributed by atoms with Gasteiger partial charge in [0.2, 0.25) is 0 Å². The first-order chi connectivity index (χ1) is 13.1. The van der Waals surface area contributed by atoms with Gasteiger partial charge in [0.05, 0.1) is 17.8 Å². The van der Waals surface area contributed by atoms with E-state index in [-0.39, 0.29) is 5.91 Å². The van der Waals surface area contributed by atoms with Crippen LogP contribution in [0.4, 0.5) is 11.5 Å². The number of amides is 1. The van der Waals surface area contributed by atoms with Crippen LogP contribution in [0, 0.1) is 13.8 Å². The highest BCUT2D eigenvalue weighted by Gasteiger charge is 2.30. The monoisotopic (exact) mass is 366 g/mol. The fourth-order valence-corrected chi connectivity index (χ4v) is 3.51. The molecule has 1 aliphatic rings. The number of fused-ring (bicyclic) bond motifs is 1. The van der Waals surface area contributed by atoms with Crippen LogP contribution in [0.25, 0.3) is 0 Å². The molecule has 1 N–H and O–H groups in total. The molecule has 0 bridgehead atoms. The molecule has 1 aromatic carbocycles. The Hall–Kier alpha value is -3.09. The Labute approximate surface area is 157 Å². The third kappa shape index (κ3) is 3.09. The SMILES string of the molecule is CCc1ccccc1Nc1noc2c1CN(C(=O)c1c(C)noc1C)CC2. The zero-order chi connectivity index (χ0) is 19.0. The molecule has 0 saturated heterocycles. The Morgan fingerprint density at radius 3 is 2.78 bits per heavy atom. The van der Waals surface area contributed by atoms with E-state index < -0.39 is 0 Å². The molecule has 4 rings (SSSR count). The Morgan fingerprint density at radius 1 is 1.22 bits per heavy atom. The molecule has 2 aromatic heterocycles. The molecule has 7 nitrogen and oxygen atoms in total. The number of benzene rings is 1. The normalized spacial score (nSPS) is 13.5. The number of carbonyl (C=O) groups is 1. The molecular formula is C20H22N4O3. The molecule has 3 aromatic rings. The third-order valence-corrected chi connectivity index (χ3v) is 5.01. The molecule has 27 heavy (non-hydrogen) atoms. The lowest BCUT2D eigenvalue weighted by Gasteiger charge is -2.26. The predicted octanol–water partition coefficient (Wildman–Crippen LogP) is 3.78. The standard InChI is InChI=1S/C20H22N4O3/c1-4-14-7-5-6-8-16(14)21-19-15-11-24(10-9-17(15)27-23-19)20(25)18-12(2)22-26-13(18)3/h5-8H,4,9-11H2,1-3H3,(H,21,23). The maximum atomic E-state index is 13.0. The number of rotatable bonds is 4. The van der Waals surface area contributed by atoms with Crippen molar-refractivity contribution in [3.05, 3.63) is 58.2 Å². The minimum absolute atomic E-state index is 0.0713. The van der Waals surface area contributed by atoms with Gasteiger partial charge in [-0.2, -0.15) is 0 Å². The summed E-state index contributed by atoms with van der Waals surface area (Å²) in [6.07, 6.45) is 1.55. The Bertz CT molecular complexity index is 970. The molecular weight excluding hydrogens is 344 g/mol. The fraction of sp³-hybridized carbons (Fsp3) is 0.350. The van der Waals surface area contributed by atoms with E-state index in [9.17, 15) is 4.79 Å². The van der Waals surface area contributed by atoms with Crippen molar-refractivity contribution < 1.29 is 13.8 Å². The first kappa shape index (κ1) is 17.3. The number of anilines is 2. The number of aryl methyl sites for hydroxylation is 3. The second-order valence-corrected chi connectivity index (χ2v) is 6.74. The van der Waals surface area contributed by atoms with E-state index >= 15 is 0 Å². The molecule has 0 fully saturated rings. The summed E-state index contributed by atoms with van der Waals surface area (Å²) in [5, 5.41) is 11.5. The van der Waals surface area contributed by atoms with Crippen molar-refractivity contribution in [3.8, 4) is 0 Å². The van der Waals surface area contributed by atoms with Crippen molar-refractivity contribution in [2.24, 2.45) is 0 Å². The second kappa shape index (κ2) is 6.90. The summed E-state index contributed by atoms with van der Waals surface area (Å²) >= 11 is 0. The van der Waals surface area contributed by atoms with Gasteiger partial charge in [-0.3, -0.25) is 4.79 Å². The average molecular weight is 366 g/mol. The molecule has 0 spiro atoms. The molecule has 7 heteroatoms. The molecule has 0 saturated carbocycles. The summed E-state index contributed by atoms with van der Waals surface area (Å²) in [6, 6.07) is 8.12. The van der Waals surface area contributed by atoms with Gasteiger partial charge >= 0.3 is 0 Å². The lowest BCUT2D eigenvalue weighted by atomic mass is 10.1. The van der Waals surface area contributed by atoms with Gasteiger partial charge in [0.25, 0.3) is 5.91 Å². The van der Waals surface area contributed by atoms with Crippen LogP contribution in [0.3, 0.4) is 0 Å². The van der Waals surface area contributed by atoms with Gasteiger partial charge in [0.1, 0.15) is 17.1 Å². The lowest BCUT2D eigenvalue weighted by molar-refractivity contribution is 0.0726. The first-order valence-corrected chi connectivity index (χ1v) is 9.13. The number of hydrogen-bond acceptors (Lipinski definition) is 6. The largest absolute Gasteiger partial charge is 0.361 e. The van der Waals surface area contributed by atoms with E-state index in [1.807, 2.05) is 18.2 Å². The van der Waals surface area contributed by atoms with Crippen LogP contribution < -0.4 is 5.32 Å². The highest BCUT2D eigenvalue weighted by Crippen LogP contribution is 2.30. The summed E-state index contributed by atoms with van der Waals surface area (Å²) in [5.41, 5.74) is 4.29. The third-order valence-electron chi connectivity index (χ3n) is 5.01. The molecule has 1 aliphatic heterocycles. The van der Waals surface area contributed by atoms with Gasteiger partial charge in [-0.05, 0) is 31.9 Å². The Balaban J connectivity index is 1.60. The van der Waals surface area contributed by atoms with Crippen molar-refractivity contribution in [3.63, 3.8) is 0 Å². The van der Waals surface area contributed by atoms with Crippen LogP contribution in [-0.4, -0.2) is 27.7 Å². The zero-order valence-electron chi connectivity index (χ0n) is 15.7. The summed E-state index contributed by atoms with van der Waals surface area (Å²) in [4.78, 5) is 14.8. The maximum absolute atomic E-state index is 13.0. The van der Waals surface area contributed by atoms with Crippen molar-refractivity contribution in [1.29, 1.82) is 0 Å². The molecule has 140 valence electrons. The number of carbonyl (C=O) groups excluding carboxylic acids is 1. The number of para-hydroxylation sites is 1. The van der Waals surface area contributed by atoms with Gasteiger partial charge in [0, 0.05) is 18.7 Å². The molecule has 0 atom stereocenters. The lowest BCUT2D eigenvalue weighted by Crippen LogP contribution is -2.36. The van der Waals surface area contributed by atoms with Crippen LogP contribution in [0.5, 0.6) is 0 Å². The topological polar surface area (TPSA) is 84.4 Å². The Kier molecular flexibility index (Phi) is 4.43. The maximum Gasteiger partial charge on any atom is 0.259 e. The molecule has 0 unspecified atom stereocenters. The summed E-state index contributed by atoms with van der Waals surface area (Å²) < 4.78 is 10.7. The van der Waals surface area contributed by atoms with Crippen LogP contribution in [-0.2, 0) is 19.4 Å². The fourth-order valence-electron chi connectivity index (χ4n) is 3.51. The van der Waals surface area contributed by atoms with Crippen molar-refractivity contribution in [1.82, 2.24) is 15.2 Å². The average Bonchev–Trinajstić information content (AvgIpc) is 3.24. The van der Waals surface area contributed by atoms with E-state index in [0.29, 0.717) is 42.3 Å². The van der Waals surface area contributed by atoms with E-state index in [1.165, 1.54) is 5.56 Å². The first-order valence-electron chi connectivity index (χ1n) is 9.13. The van der Waals surface area contributed by atoms with Crippen LogP contribution in [0.1, 0.15) is 45.6 Å². The van der Waals surface area contributed by atoms with Crippen LogP contribution in [0.15, 0.2) is 33.3 Å².